The molecule has 0 aliphatic heterocycles. The maximum Gasteiger partial charge on any atom is 0.354 e. The number of benzene rings is 1. The Labute approximate surface area is 96.6 Å². The van der Waals surface area contributed by atoms with Gasteiger partial charge in [0.15, 0.2) is 5.82 Å². The molecule has 0 fully saturated rings. The van der Waals surface area contributed by atoms with Gasteiger partial charge in [-0.25, -0.2) is 9.18 Å². The Kier molecular flexibility index (Phi) is 2.56. The number of halogens is 1. The highest BCUT2D eigenvalue weighted by Gasteiger charge is 2.19. The number of methoxy groups -OCH3 is 1. The summed E-state index contributed by atoms with van der Waals surface area (Å²) in [5.41, 5.74) is 1.08. The highest BCUT2D eigenvalue weighted by Crippen LogP contribution is 2.26. The van der Waals surface area contributed by atoms with Gasteiger partial charge < -0.3 is 9.72 Å². The summed E-state index contributed by atoms with van der Waals surface area (Å²) in [6.07, 6.45) is 0. The van der Waals surface area contributed by atoms with Crippen molar-refractivity contribution in [1.29, 1.82) is 5.26 Å². The van der Waals surface area contributed by atoms with Crippen molar-refractivity contribution in [3.63, 3.8) is 0 Å². The average Bonchev–Trinajstić information content (AvgIpc) is 2.67. The van der Waals surface area contributed by atoms with Crippen LogP contribution in [0.1, 0.15) is 21.6 Å². The number of esters is 1. The number of ether oxygens (including phenoxy) is 1. The Balaban J connectivity index is 2.80. The van der Waals surface area contributed by atoms with Crippen LogP contribution in [0.25, 0.3) is 10.9 Å². The highest BCUT2D eigenvalue weighted by molar-refractivity contribution is 5.98. The number of H-pyrrole nitrogens is 1. The predicted molar refractivity (Wildman–Crippen MR) is 59.0 cm³/mol. The van der Waals surface area contributed by atoms with E-state index in [1.165, 1.54) is 13.2 Å². The van der Waals surface area contributed by atoms with Crippen molar-refractivity contribution in [3.05, 3.63) is 34.8 Å². The van der Waals surface area contributed by atoms with E-state index in [0.29, 0.717) is 11.1 Å². The maximum atomic E-state index is 13.9. The smallest absolute Gasteiger partial charge is 0.354 e. The number of fused-ring (bicyclic) bond motifs is 1. The van der Waals surface area contributed by atoms with Crippen molar-refractivity contribution in [3.8, 4) is 6.07 Å². The Morgan fingerprint density at radius 1 is 1.53 bits per heavy atom. The van der Waals surface area contributed by atoms with Crippen molar-refractivity contribution in [2.75, 3.05) is 7.11 Å². The van der Waals surface area contributed by atoms with Crippen molar-refractivity contribution < 1.29 is 13.9 Å². The van der Waals surface area contributed by atoms with E-state index in [1.54, 1.807) is 19.1 Å². The summed E-state index contributed by atoms with van der Waals surface area (Å²) in [6.45, 7) is 1.61. The molecule has 0 unspecified atom stereocenters. The number of rotatable bonds is 1. The number of hydrogen-bond donors (Lipinski definition) is 1. The molecule has 1 N–H and O–H groups in total. The molecule has 86 valence electrons. The van der Waals surface area contributed by atoms with Gasteiger partial charge in [-0.15, -0.1) is 0 Å². The predicted octanol–water partition coefficient (Wildman–Crippen LogP) is 2.27. The third kappa shape index (κ3) is 1.54. The van der Waals surface area contributed by atoms with Gasteiger partial charge in [0.05, 0.1) is 12.7 Å². The minimum absolute atomic E-state index is 0.0454. The van der Waals surface area contributed by atoms with Crippen LogP contribution < -0.4 is 0 Å². The molecule has 0 bridgehead atoms. The van der Waals surface area contributed by atoms with Crippen LogP contribution in [0.15, 0.2) is 12.1 Å². The van der Waals surface area contributed by atoms with Gasteiger partial charge >= 0.3 is 5.97 Å². The lowest BCUT2D eigenvalue weighted by Crippen LogP contribution is -2.03. The van der Waals surface area contributed by atoms with Crippen LogP contribution in [0, 0.1) is 24.1 Å². The SMILES string of the molecule is COC(=O)c1[nH]c2ccc(C#N)c(F)c2c1C. The summed E-state index contributed by atoms with van der Waals surface area (Å²) in [4.78, 5) is 14.2. The molecule has 0 radical (unpaired) electrons. The first-order chi connectivity index (χ1) is 8.10. The lowest BCUT2D eigenvalue weighted by atomic mass is 10.1. The zero-order chi connectivity index (χ0) is 12.6. The number of nitriles is 1. The zero-order valence-electron chi connectivity index (χ0n) is 9.30. The molecule has 0 aliphatic rings. The summed E-state index contributed by atoms with van der Waals surface area (Å²) < 4.78 is 18.5. The van der Waals surface area contributed by atoms with Gasteiger partial charge in [0.1, 0.15) is 11.8 Å². The fourth-order valence-electron chi connectivity index (χ4n) is 1.79. The largest absolute Gasteiger partial charge is 0.464 e. The quantitative estimate of drug-likeness (QED) is 0.767. The van der Waals surface area contributed by atoms with E-state index in [1.807, 2.05) is 0 Å². The number of aromatic amines is 1. The fourth-order valence-corrected chi connectivity index (χ4v) is 1.79. The molecule has 5 heteroatoms. The summed E-state index contributed by atoms with van der Waals surface area (Å²) in [6, 6.07) is 4.70. The van der Waals surface area contributed by atoms with Crippen LogP contribution in [0.4, 0.5) is 4.39 Å². The van der Waals surface area contributed by atoms with E-state index in [4.69, 9.17) is 5.26 Å². The second kappa shape index (κ2) is 3.91. The fraction of sp³-hybridized carbons (Fsp3) is 0.167. The van der Waals surface area contributed by atoms with Crippen LogP contribution in [0.5, 0.6) is 0 Å². The third-order valence-electron chi connectivity index (χ3n) is 2.66. The molecule has 0 aliphatic carbocycles. The van der Waals surface area contributed by atoms with Gasteiger partial charge in [-0.2, -0.15) is 5.26 Å². The van der Waals surface area contributed by atoms with Gasteiger partial charge in [0, 0.05) is 10.9 Å². The van der Waals surface area contributed by atoms with Crippen molar-refractivity contribution in [2.24, 2.45) is 0 Å². The molecule has 17 heavy (non-hydrogen) atoms. The number of carbonyl (C=O) groups excluding carboxylic acids is 1. The van der Waals surface area contributed by atoms with Crippen LogP contribution in [-0.4, -0.2) is 18.1 Å². The topological polar surface area (TPSA) is 65.9 Å². The van der Waals surface area contributed by atoms with Gasteiger partial charge in [-0.05, 0) is 24.6 Å². The third-order valence-corrected chi connectivity index (χ3v) is 2.66. The van der Waals surface area contributed by atoms with Gasteiger partial charge in [0.2, 0.25) is 0 Å². The number of hydrogen-bond acceptors (Lipinski definition) is 3. The summed E-state index contributed by atoms with van der Waals surface area (Å²) in [5.74, 6) is -1.18. The molecule has 0 saturated carbocycles. The van der Waals surface area contributed by atoms with Crippen LogP contribution >= 0.6 is 0 Å². The van der Waals surface area contributed by atoms with Gasteiger partial charge in [0.25, 0.3) is 0 Å². The summed E-state index contributed by atoms with van der Waals surface area (Å²) in [7, 11) is 1.25. The summed E-state index contributed by atoms with van der Waals surface area (Å²) >= 11 is 0. The molecular formula is C12H9FN2O2. The van der Waals surface area contributed by atoms with E-state index in [2.05, 4.69) is 9.72 Å². The molecule has 1 aromatic carbocycles. The molecule has 1 aromatic heterocycles. The molecule has 0 saturated heterocycles. The number of aryl methyl sites for hydroxylation is 1. The van der Waals surface area contributed by atoms with Gasteiger partial charge in [-0.3, -0.25) is 0 Å². The second-order valence-electron chi connectivity index (χ2n) is 3.58. The van der Waals surface area contributed by atoms with Crippen molar-refractivity contribution in [1.82, 2.24) is 4.98 Å². The second-order valence-corrected chi connectivity index (χ2v) is 3.58. The Morgan fingerprint density at radius 2 is 2.24 bits per heavy atom. The van der Waals surface area contributed by atoms with E-state index >= 15 is 0 Å². The molecule has 0 amide bonds. The van der Waals surface area contributed by atoms with Crippen LogP contribution in [0.2, 0.25) is 0 Å². The maximum absolute atomic E-state index is 13.9. The van der Waals surface area contributed by atoms with E-state index in [0.717, 1.165) is 0 Å². The average molecular weight is 232 g/mol. The van der Waals surface area contributed by atoms with E-state index < -0.39 is 11.8 Å². The van der Waals surface area contributed by atoms with Gasteiger partial charge in [-0.1, -0.05) is 0 Å². The minimum atomic E-state index is -0.617. The number of nitrogens with zero attached hydrogens (tertiary/aromatic N) is 1. The number of carbonyl (C=O) groups is 1. The van der Waals surface area contributed by atoms with Crippen LogP contribution in [-0.2, 0) is 4.74 Å². The van der Waals surface area contributed by atoms with Crippen molar-refractivity contribution >= 4 is 16.9 Å². The zero-order valence-corrected chi connectivity index (χ0v) is 9.30. The standard InChI is InChI=1S/C12H9FN2O2/c1-6-9-8(15-11(6)12(16)17-2)4-3-7(5-14)10(9)13/h3-4,15H,1-2H3. The summed E-state index contributed by atoms with van der Waals surface area (Å²) in [5, 5.41) is 8.99. The monoisotopic (exact) mass is 232 g/mol. The van der Waals surface area contributed by atoms with Crippen molar-refractivity contribution in [2.45, 2.75) is 6.92 Å². The minimum Gasteiger partial charge on any atom is -0.464 e. The number of aromatic nitrogens is 1. The first kappa shape index (κ1) is 11.1. The molecule has 4 nitrogen and oxygen atoms in total. The highest BCUT2D eigenvalue weighted by atomic mass is 19.1. The Hall–Kier alpha value is -2.35. The van der Waals surface area contributed by atoms with Crippen LogP contribution in [0.3, 0.4) is 0 Å². The Bertz CT molecular complexity index is 653. The Morgan fingerprint density at radius 3 is 2.82 bits per heavy atom. The molecule has 1 heterocycles. The molecule has 2 aromatic rings. The molecule has 0 atom stereocenters. The normalized spacial score (nSPS) is 10.2. The molecular weight excluding hydrogens is 223 g/mol. The molecule has 2 rings (SSSR count). The molecule has 0 spiro atoms. The van der Waals surface area contributed by atoms with E-state index in [9.17, 15) is 9.18 Å². The lowest BCUT2D eigenvalue weighted by molar-refractivity contribution is 0.0594. The van der Waals surface area contributed by atoms with E-state index in [-0.39, 0.29) is 16.6 Å². The first-order valence-corrected chi connectivity index (χ1v) is 4.89. The lowest BCUT2D eigenvalue weighted by Gasteiger charge is -1.97. The first-order valence-electron chi connectivity index (χ1n) is 4.89. The number of nitrogens with one attached hydrogen (secondary N) is 1.